The van der Waals surface area contributed by atoms with Crippen LogP contribution in [0.25, 0.3) is 0 Å². The van der Waals surface area contributed by atoms with Gasteiger partial charge in [-0.3, -0.25) is 4.72 Å². The van der Waals surface area contributed by atoms with Gasteiger partial charge in [0.15, 0.2) is 0 Å². The van der Waals surface area contributed by atoms with Crippen molar-refractivity contribution >= 4 is 38.3 Å². The number of hydrogen-bond acceptors (Lipinski definition) is 8. The number of anilines is 2. The summed E-state index contributed by atoms with van der Waals surface area (Å²) in [6.07, 6.45) is 0. The Bertz CT molecular complexity index is 785. The predicted molar refractivity (Wildman–Crippen MR) is 77.6 cm³/mol. The van der Waals surface area contributed by atoms with Crippen LogP contribution in [0.15, 0.2) is 23.1 Å². The molecule has 0 saturated heterocycles. The maximum absolute atomic E-state index is 12.2. The molecule has 0 aliphatic carbocycles. The molecule has 1 heterocycles. The van der Waals surface area contributed by atoms with E-state index >= 15 is 0 Å². The van der Waals surface area contributed by atoms with E-state index in [0.717, 1.165) is 11.5 Å². The number of ether oxygens (including phenoxy) is 1. The van der Waals surface area contributed by atoms with Gasteiger partial charge in [-0.25, -0.2) is 18.2 Å². The van der Waals surface area contributed by atoms with Crippen molar-refractivity contribution in [2.45, 2.75) is 11.8 Å². The summed E-state index contributed by atoms with van der Waals surface area (Å²) in [6.45, 7) is 1.65. The van der Waals surface area contributed by atoms with Gasteiger partial charge in [0.05, 0.1) is 18.4 Å². The minimum atomic E-state index is -3.90. The van der Waals surface area contributed by atoms with Crippen molar-refractivity contribution in [3.8, 4) is 0 Å². The van der Waals surface area contributed by atoms with Crippen LogP contribution in [0.4, 0.5) is 10.8 Å². The Morgan fingerprint density at radius 1 is 1.43 bits per heavy atom. The number of aryl methyl sites for hydroxylation is 1. The molecular weight excluding hydrogens is 316 g/mol. The molecule has 0 unspecified atom stereocenters. The van der Waals surface area contributed by atoms with Crippen molar-refractivity contribution in [1.29, 1.82) is 0 Å². The number of benzene rings is 1. The van der Waals surface area contributed by atoms with Crippen LogP contribution in [0.5, 0.6) is 0 Å². The Morgan fingerprint density at radius 2 is 2.14 bits per heavy atom. The minimum Gasteiger partial charge on any atom is -0.465 e. The number of nitrogen functional groups attached to an aromatic ring is 1. The van der Waals surface area contributed by atoms with Crippen molar-refractivity contribution < 1.29 is 17.9 Å². The van der Waals surface area contributed by atoms with E-state index in [4.69, 9.17) is 5.73 Å². The normalized spacial score (nSPS) is 11.1. The van der Waals surface area contributed by atoms with E-state index in [-0.39, 0.29) is 21.3 Å². The molecule has 21 heavy (non-hydrogen) atoms. The molecule has 1 aromatic carbocycles. The van der Waals surface area contributed by atoms with Gasteiger partial charge < -0.3 is 10.5 Å². The van der Waals surface area contributed by atoms with Crippen LogP contribution in [0.3, 0.4) is 0 Å². The molecule has 0 amide bonds. The van der Waals surface area contributed by atoms with E-state index in [9.17, 15) is 13.2 Å². The summed E-state index contributed by atoms with van der Waals surface area (Å²) in [4.78, 5) is 15.1. The van der Waals surface area contributed by atoms with Crippen LogP contribution >= 0.6 is 11.5 Å². The lowest BCUT2D eigenvalue weighted by atomic mass is 10.2. The summed E-state index contributed by atoms with van der Waals surface area (Å²) in [7, 11) is -2.67. The van der Waals surface area contributed by atoms with E-state index in [0.29, 0.717) is 5.82 Å². The molecule has 3 N–H and O–H groups in total. The number of carbonyl (C=O) groups excluding carboxylic acids is 1. The predicted octanol–water partition coefficient (Wildman–Crippen LogP) is 1.02. The number of hydrogen-bond donors (Lipinski definition) is 2. The lowest BCUT2D eigenvalue weighted by Crippen LogP contribution is -2.15. The third-order valence-corrected chi connectivity index (χ3v) is 4.73. The molecule has 1 aromatic heterocycles. The number of esters is 1. The average molecular weight is 328 g/mol. The molecule has 2 rings (SSSR count). The first-order valence-electron chi connectivity index (χ1n) is 5.64. The molecule has 0 atom stereocenters. The topological polar surface area (TPSA) is 124 Å². The fraction of sp³-hybridized carbons (Fsp3) is 0.182. The van der Waals surface area contributed by atoms with Crippen molar-refractivity contribution in [2.24, 2.45) is 0 Å². The molecular formula is C11H12N4O4S2. The van der Waals surface area contributed by atoms with Gasteiger partial charge in [-0.2, -0.15) is 4.37 Å². The van der Waals surface area contributed by atoms with Gasteiger partial charge in [-0.05, 0) is 25.1 Å². The largest absolute Gasteiger partial charge is 0.465 e. The number of aromatic nitrogens is 2. The van der Waals surface area contributed by atoms with Gasteiger partial charge in [0.25, 0.3) is 10.0 Å². The Morgan fingerprint density at radius 3 is 2.67 bits per heavy atom. The Labute approximate surface area is 125 Å². The van der Waals surface area contributed by atoms with Crippen LogP contribution in [0.1, 0.15) is 16.2 Å². The molecule has 0 aliphatic heterocycles. The number of methoxy groups -OCH3 is 1. The first kappa shape index (κ1) is 15.2. The van der Waals surface area contributed by atoms with Crippen molar-refractivity contribution in [3.63, 3.8) is 0 Å². The van der Waals surface area contributed by atoms with Crippen molar-refractivity contribution in [2.75, 3.05) is 17.6 Å². The maximum atomic E-state index is 12.2. The molecule has 10 heteroatoms. The minimum absolute atomic E-state index is 0.0633. The van der Waals surface area contributed by atoms with E-state index in [1.165, 1.54) is 25.3 Å². The second-order valence-electron chi connectivity index (χ2n) is 4.00. The number of nitrogens with two attached hydrogens (primary N) is 1. The van der Waals surface area contributed by atoms with Gasteiger partial charge in [0.1, 0.15) is 10.7 Å². The van der Waals surface area contributed by atoms with Crippen LogP contribution in [0.2, 0.25) is 0 Å². The smallest absolute Gasteiger partial charge is 0.337 e. The zero-order valence-electron chi connectivity index (χ0n) is 11.2. The highest BCUT2D eigenvalue weighted by Crippen LogP contribution is 2.23. The maximum Gasteiger partial charge on any atom is 0.337 e. The molecule has 0 fully saturated rings. The van der Waals surface area contributed by atoms with Gasteiger partial charge >= 0.3 is 5.97 Å². The van der Waals surface area contributed by atoms with Gasteiger partial charge in [-0.15, -0.1) is 0 Å². The van der Waals surface area contributed by atoms with Gasteiger partial charge in [0.2, 0.25) is 5.13 Å². The molecule has 0 bridgehead atoms. The Kier molecular flexibility index (Phi) is 4.09. The number of rotatable bonds is 4. The van der Waals surface area contributed by atoms with Crippen LogP contribution in [0, 0.1) is 6.92 Å². The van der Waals surface area contributed by atoms with Crippen LogP contribution < -0.4 is 10.5 Å². The second-order valence-corrected chi connectivity index (χ2v) is 6.40. The highest BCUT2D eigenvalue weighted by molar-refractivity contribution is 7.93. The van der Waals surface area contributed by atoms with Crippen molar-refractivity contribution in [3.05, 3.63) is 29.6 Å². The van der Waals surface area contributed by atoms with E-state index < -0.39 is 16.0 Å². The number of nitrogens with one attached hydrogen (secondary N) is 1. The molecule has 0 radical (unpaired) electrons. The zero-order chi connectivity index (χ0) is 15.6. The number of nitrogens with zero attached hydrogens (tertiary/aromatic N) is 2. The Hall–Kier alpha value is -2.20. The summed E-state index contributed by atoms with van der Waals surface area (Å²) < 4.78 is 35.1. The monoisotopic (exact) mass is 328 g/mol. The molecule has 0 spiro atoms. The summed E-state index contributed by atoms with van der Waals surface area (Å²) in [5.74, 6) is -0.134. The molecule has 0 saturated carbocycles. The molecule has 2 aromatic rings. The fourth-order valence-electron chi connectivity index (χ4n) is 1.55. The summed E-state index contributed by atoms with van der Waals surface area (Å²) >= 11 is 0.922. The average Bonchev–Trinajstić information content (AvgIpc) is 2.81. The quantitative estimate of drug-likeness (QED) is 0.634. The van der Waals surface area contributed by atoms with E-state index in [1.54, 1.807) is 6.92 Å². The highest BCUT2D eigenvalue weighted by Gasteiger charge is 2.20. The third-order valence-electron chi connectivity index (χ3n) is 2.47. The van der Waals surface area contributed by atoms with Crippen LogP contribution in [-0.2, 0) is 14.8 Å². The van der Waals surface area contributed by atoms with Gasteiger partial charge in [0, 0.05) is 11.5 Å². The Balaban J connectivity index is 2.34. The molecule has 8 nitrogen and oxygen atoms in total. The van der Waals surface area contributed by atoms with E-state index in [1.807, 2.05) is 0 Å². The molecule has 0 aliphatic rings. The first-order valence-corrected chi connectivity index (χ1v) is 7.90. The standard InChI is InChI=1S/C11H12N4O4S2/c1-6-13-11(20-14-6)15-21(17,18)9-4-3-7(5-8(9)12)10(16)19-2/h3-5H,12H2,1-2H3,(H,13,14,15). The first-order chi connectivity index (χ1) is 9.83. The second kappa shape index (κ2) is 5.66. The summed E-state index contributed by atoms with van der Waals surface area (Å²) in [6, 6.07) is 3.80. The lowest BCUT2D eigenvalue weighted by Gasteiger charge is -2.09. The lowest BCUT2D eigenvalue weighted by molar-refractivity contribution is 0.0600. The highest BCUT2D eigenvalue weighted by atomic mass is 32.2. The number of carbonyl (C=O) groups is 1. The van der Waals surface area contributed by atoms with Crippen LogP contribution in [-0.4, -0.2) is 30.9 Å². The zero-order valence-corrected chi connectivity index (χ0v) is 12.8. The number of sulfonamides is 1. The summed E-state index contributed by atoms with van der Waals surface area (Å²) in [5, 5.41) is 0.143. The van der Waals surface area contributed by atoms with Crippen molar-refractivity contribution in [1.82, 2.24) is 9.36 Å². The third kappa shape index (κ3) is 3.28. The van der Waals surface area contributed by atoms with Gasteiger partial charge in [-0.1, -0.05) is 0 Å². The molecule has 112 valence electrons. The fourth-order valence-corrected chi connectivity index (χ4v) is 3.46. The van der Waals surface area contributed by atoms with E-state index in [2.05, 4.69) is 18.8 Å². The SMILES string of the molecule is COC(=O)c1ccc(S(=O)(=O)Nc2nc(C)ns2)c(N)c1. The summed E-state index contributed by atoms with van der Waals surface area (Å²) in [5.41, 5.74) is 5.80.